The van der Waals surface area contributed by atoms with E-state index in [0.29, 0.717) is 0 Å². The molecule has 1 nitrogen and oxygen atoms in total. The van der Waals surface area contributed by atoms with E-state index in [9.17, 15) is 0 Å². The first-order valence-electron chi connectivity index (χ1n) is 2.66. The molecule has 0 radical (unpaired) electrons. The van der Waals surface area contributed by atoms with Gasteiger partial charge >= 0.3 is 0 Å². The third-order valence-corrected chi connectivity index (χ3v) is 1.47. The molecule has 44 valence electrons. The monoisotopic (exact) mass is 120 g/mol. The number of rotatable bonds is 4. The lowest BCUT2D eigenvalue weighted by molar-refractivity contribution is 0.401. The second-order valence-electron chi connectivity index (χ2n) is 1.23. The Kier molecular flexibility index (Phi) is 6.59. The molecule has 7 heavy (non-hydrogen) atoms. The lowest BCUT2D eigenvalue weighted by Crippen LogP contribution is -1.78. The zero-order valence-electron chi connectivity index (χ0n) is 4.94. The van der Waals surface area contributed by atoms with Gasteiger partial charge in [-0.15, -0.1) is 0 Å². The van der Waals surface area contributed by atoms with E-state index in [1.54, 1.807) is 12.0 Å². The molecule has 0 bridgehead atoms. The molecular weight excluding hydrogens is 108 g/mol. The second kappa shape index (κ2) is 6.31. The van der Waals surface area contributed by atoms with Crippen LogP contribution in [0.4, 0.5) is 0 Å². The van der Waals surface area contributed by atoms with Gasteiger partial charge < -0.3 is 4.18 Å². The second-order valence-corrected chi connectivity index (χ2v) is 2.11. The Bertz CT molecular complexity index is 27.3. The molecule has 0 atom stereocenters. The number of hydrogen-bond donors (Lipinski definition) is 0. The molecule has 0 aromatic heterocycles. The Balaban J connectivity index is 2.45. The molecule has 0 aliphatic rings. The van der Waals surface area contributed by atoms with Crippen molar-refractivity contribution in [2.75, 3.05) is 12.4 Å². The van der Waals surface area contributed by atoms with Crippen LogP contribution in [0.1, 0.15) is 20.3 Å². The van der Waals surface area contributed by atoms with Crippen LogP contribution >= 0.6 is 12.0 Å². The summed E-state index contributed by atoms with van der Waals surface area (Å²) >= 11 is 1.55. The molecule has 2 heteroatoms. The van der Waals surface area contributed by atoms with Gasteiger partial charge in [-0.1, -0.05) is 6.92 Å². The van der Waals surface area contributed by atoms with Crippen LogP contribution in [0.15, 0.2) is 0 Å². The molecule has 0 saturated heterocycles. The van der Waals surface area contributed by atoms with Crippen LogP contribution in [0.3, 0.4) is 0 Å². The predicted molar refractivity (Wildman–Crippen MR) is 34.4 cm³/mol. The highest BCUT2D eigenvalue weighted by atomic mass is 32.2. The standard InChI is InChI=1S/C5H12OS/c1-3-5-7-6-4-2/h3-5H2,1-2H3. The van der Waals surface area contributed by atoms with Gasteiger partial charge in [0, 0.05) is 5.75 Å². The highest BCUT2D eigenvalue weighted by molar-refractivity contribution is 7.94. The average molecular weight is 120 g/mol. The van der Waals surface area contributed by atoms with Crippen molar-refractivity contribution in [3.8, 4) is 0 Å². The van der Waals surface area contributed by atoms with Gasteiger partial charge in [0.25, 0.3) is 0 Å². The molecule has 0 heterocycles. The quantitative estimate of drug-likeness (QED) is 0.415. The molecule has 0 spiro atoms. The summed E-state index contributed by atoms with van der Waals surface area (Å²) in [6.07, 6.45) is 1.20. The van der Waals surface area contributed by atoms with Gasteiger partial charge in [-0.05, 0) is 25.4 Å². The van der Waals surface area contributed by atoms with E-state index >= 15 is 0 Å². The van der Waals surface area contributed by atoms with E-state index in [1.807, 2.05) is 6.92 Å². The van der Waals surface area contributed by atoms with E-state index in [-0.39, 0.29) is 0 Å². The molecule has 0 rings (SSSR count). The smallest absolute Gasteiger partial charge is 0.0585 e. The normalized spacial score (nSPS) is 9.43. The molecule has 0 aliphatic carbocycles. The van der Waals surface area contributed by atoms with E-state index in [4.69, 9.17) is 4.18 Å². The van der Waals surface area contributed by atoms with Crippen molar-refractivity contribution in [1.82, 2.24) is 0 Å². The van der Waals surface area contributed by atoms with Gasteiger partial charge in [-0.3, -0.25) is 0 Å². The van der Waals surface area contributed by atoms with Gasteiger partial charge in [0.2, 0.25) is 0 Å². The van der Waals surface area contributed by atoms with Crippen molar-refractivity contribution in [1.29, 1.82) is 0 Å². The molecule has 0 unspecified atom stereocenters. The van der Waals surface area contributed by atoms with E-state index in [1.165, 1.54) is 6.42 Å². The van der Waals surface area contributed by atoms with Crippen LogP contribution in [0.25, 0.3) is 0 Å². The zero-order chi connectivity index (χ0) is 5.54. The van der Waals surface area contributed by atoms with Gasteiger partial charge in [-0.25, -0.2) is 0 Å². The van der Waals surface area contributed by atoms with Crippen molar-refractivity contribution in [2.45, 2.75) is 20.3 Å². The average Bonchev–Trinajstić information content (AvgIpc) is 1.69. The summed E-state index contributed by atoms with van der Waals surface area (Å²) in [5.41, 5.74) is 0. The molecule has 0 amide bonds. The first-order chi connectivity index (χ1) is 3.41. The molecule has 0 aromatic carbocycles. The molecule has 0 aliphatic heterocycles. The summed E-state index contributed by atoms with van der Waals surface area (Å²) < 4.78 is 4.99. The van der Waals surface area contributed by atoms with Crippen molar-refractivity contribution in [3.05, 3.63) is 0 Å². The largest absolute Gasteiger partial charge is 0.316 e. The summed E-state index contributed by atoms with van der Waals surface area (Å²) in [6, 6.07) is 0. The maximum atomic E-state index is 4.99. The van der Waals surface area contributed by atoms with Crippen molar-refractivity contribution < 1.29 is 4.18 Å². The zero-order valence-corrected chi connectivity index (χ0v) is 5.75. The Morgan fingerprint density at radius 3 is 2.57 bits per heavy atom. The fourth-order valence-electron chi connectivity index (χ4n) is 0.226. The molecule has 0 saturated carbocycles. The lowest BCUT2D eigenvalue weighted by Gasteiger charge is -1.92. The van der Waals surface area contributed by atoms with Crippen molar-refractivity contribution in [3.63, 3.8) is 0 Å². The topological polar surface area (TPSA) is 9.23 Å². The van der Waals surface area contributed by atoms with Crippen LogP contribution in [0.5, 0.6) is 0 Å². The van der Waals surface area contributed by atoms with E-state index in [2.05, 4.69) is 6.92 Å². The summed E-state index contributed by atoms with van der Waals surface area (Å²) in [6.45, 7) is 4.97. The third-order valence-electron chi connectivity index (χ3n) is 0.489. The summed E-state index contributed by atoms with van der Waals surface area (Å²) in [5, 5.41) is 0. The Hall–Kier alpha value is 0.310. The minimum atomic E-state index is 0.824. The van der Waals surface area contributed by atoms with Crippen LogP contribution < -0.4 is 0 Å². The first kappa shape index (κ1) is 7.31. The van der Waals surface area contributed by atoms with E-state index in [0.717, 1.165) is 12.4 Å². The maximum absolute atomic E-state index is 4.99. The third kappa shape index (κ3) is 6.31. The SMILES string of the molecule is CCCSOCC. The highest BCUT2D eigenvalue weighted by Crippen LogP contribution is 2.01. The fraction of sp³-hybridized carbons (Fsp3) is 1.00. The lowest BCUT2D eigenvalue weighted by atomic mass is 10.6. The first-order valence-corrected chi connectivity index (χ1v) is 3.57. The summed E-state index contributed by atoms with van der Waals surface area (Å²) in [4.78, 5) is 0. The highest BCUT2D eigenvalue weighted by Gasteiger charge is 1.79. The Morgan fingerprint density at radius 2 is 2.14 bits per heavy atom. The number of hydrogen-bond acceptors (Lipinski definition) is 2. The van der Waals surface area contributed by atoms with Gasteiger partial charge in [-0.2, -0.15) is 0 Å². The van der Waals surface area contributed by atoms with Gasteiger partial charge in [0.15, 0.2) is 0 Å². The Morgan fingerprint density at radius 1 is 1.43 bits per heavy atom. The molecule has 0 fully saturated rings. The maximum Gasteiger partial charge on any atom is 0.0585 e. The van der Waals surface area contributed by atoms with Crippen molar-refractivity contribution >= 4 is 12.0 Å². The van der Waals surface area contributed by atoms with Crippen LogP contribution in [0.2, 0.25) is 0 Å². The molecular formula is C5H12OS. The Labute approximate surface area is 49.6 Å². The van der Waals surface area contributed by atoms with E-state index < -0.39 is 0 Å². The minimum absolute atomic E-state index is 0.824. The fourth-order valence-corrected chi connectivity index (χ4v) is 0.677. The van der Waals surface area contributed by atoms with Crippen LogP contribution in [-0.2, 0) is 4.18 Å². The molecule has 0 aromatic rings. The molecule has 0 N–H and O–H groups in total. The van der Waals surface area contributed by atoms with Gasteiger partial charge in [0.05, 0.1) is 6.61 Å². The van der Waals surface area contributed by atoms with Crippen LogP contribution in [0, 0.1) is 0 Å². The summed E-state index contributed by atoms with van der Waals surface area (Å²) in [5.74, 6) is 1.12. The summed E-state index contributed by atoms with van der Waals surface area (Å²) in [7, 11) is 0. The van der Waals surface area contributed by atoms with Crippen LogP contribution in [-0.4, -0.2) is 12.4 Å². The minimum Gasteiger partial charge on any atom is -0.316 e. The van der Waals surface area contributed by atoms with Gasteiger partial charge in [0.1, 0.15) is 0 Å². The predicted octanol–water partition coefficient (Wildman–Crippen LogP) is 2.08. The van der Waals surface area contributed by atoms with Crippen molar-refractivity contribution in [2.24, 2.45) is 0 Å².